The first-order valence-electron chi connectivity index (χ1n) is 9.23. The zero-order valence-electron chi connectivity index (χ0n) is 15.4. The molecule has 0 fully saturated rings. The molecule has 0 unspecified atom stereocenters. The van der Waals surface area contributed by atoms with Crippen LogP contribution in [-0.4, -0.2) is 11.8 Å². The van der Waals surface area contributed by atoms with Crippen molar-refractivity contribution in [2.24, 2.45) is 5.73 Å². The van der Waals surface area contributed by atoms with Crippen LogP contribution in [0.5, 0.6) is 0 Å². The van der Waals surface area contributed by atoms with Crippen molar-refractivity contribution in [3.8, 4) is 0 Å². The van der Waals surface area contributed by atoms with E-state index in [-0.39, 0.29) is 5.91 Å². The van der Waals surface area contributed by atoms with Crippen LogP contribution < -0.4 is 11.1 Å². The highest BCUT2D eigenvalue weighted by atomic mass is 32.1. The summed E-state index contributed by atoms with van der Waals surface area (Å²) < 4.78 is 0. The molecule has 0 saturated heterocycles. The van der Waals surface area contributed by atoms with E-state index in [9.17, 15) is 9.59 Å². The second-order valence-electron chi connectivity index (χ2n) is 6.33. The van der Waals surface area contributed by atoms with Crippen LogP contribution in [0.1, 0.15) is 92.4 Å². The van der Waals surface area contributed by atoms with Gasteiger partial charge in [-0.2, -0.15) is 0 Å². The topological polar surface area (TPSA) is 72.2 Å². The van der Waals surface area contributed by atoms with E-state index >= 15 is 0 Å². The number of carbonyl (C=O) groups excluding carboxylic acids is 2. The number of carbonyl (C=O) groups is 2. The zero-order valence-corrected chi connectivity index (χ0v) is 16.2. The van der Waals surface area contributed by atoms with E-state index in [0.29, 0.717) is 17.0 Å². The Balaban J connectivity index is 2.37. The fraction of sp³-hybridized carbons (Fsp3) is 0.684. The summed E-state index contributed by atoms with van der Waals surface area (Å²) in [5.41, 5.74) is 6.93. The van der Waals surface area contributed by atoms with Crippen LogP contribution in [0.2, 0.25) is 0 Å². The molecule has 1 aromatic heterocycles. The van der Waals surface area contributed by atoms with Gasteiger partial charge >= 0.3 is 0 Å². The standard InChI is InChI=1S/C19H32N2O2S/c1-4-6-7-8-9-10-11-12-13-16(22)21-19-17(18(20)23)15(5-2)14(3)24-19/h4-13H2,1-3H3,(H2,20,23)(H,21,22). The summed E-state index contributed by atoms with van der Waals surface area (Å²) in [5, 5.41) is 3.50. The minimum Gasteiger partial charge on any atom is -0.365 e. The first kappa shape index (κ1) is 20.7. The molecule has 2 amide bonds. The van der Waals surface area contributed by atoms with Gasteiger partial charge in [-0.15, -0.1) is 11.3 Å². The summed E-state index contributed by atoms with van der Waals surface area (Å²) in [7, 11) is 0. The smallest absolute Gasteiger partial charge is 0.251 e. The summed E-state index contributed by atoms with van der Waals surface area (Å²) in [6.07, 6.45) is 10.9. The van der Waals surface area contributed by atoms with Gasteiger partial charge < -0.3 is 11.1 Å². The summed E-state index contributed by atoms with van der Waals surface area (Å²) in [6.45, 7) is 6.18. The van der Waals surface area contributed by atoms with Gasteiger partial charge in [-0.1, -0.05) is 58.8 Å². The van der Waals surface area contributed by atoms with E-state index in [4.69, 9.17) is 5.73 Å². The number of hydrogen-bond acceptors (Lipinski definition) is 3. The number of anilines is 1. The highest BCUT2D eigenvalue weighted by Gasteiger charge is 2.20. The van der Waals surface area contributed by atoms with E-state index < -0.39 is 5.91 Å². The van der Waals surface area contributed by atoms with Crippen LogP contribution in [0.15, 0.2) is 0 Å². The molecule has 0 radical (unpaired) electrons. The van der Waals surface area contributed by atoms with Gasteiger partial charge in [-0.25, -0.2) is 0 Å². The molecule has 0 atom stereocenters. The first-order chi connectivity index (χ1) is 11.5. The second kappa shape index (κ2) is 11.2. The predicted octanol–water partition coefficient (Wildman–Crippen LogP) is 5.19. The first-order valence-corrected chi connectivity index (χ1v) is 10.0. The van der Waals surface area contributed by atoms with Gasteiger partial charge in [0, 0.05) is 11.3 Å². The molecule has 1 aromatic rings. The highest BCUT2D eigenvalue weighted by Crippen LogP contribution is 2.33. The van der Waals surface area contributed by atoms with Crippen molar-refractivity contribution >= 4 is 28.2 Å². The molecule has 136 valence electrons. The molecular weight excluding hydrogens is 320 g/mol. The zero-order chi connectivity index (χ0) is 17.9. The Morgan fingerprint density at radius 1 is 1.00 bits per heavy atom. The van der Waals surface area contributed by atoms with Crippen LogP contribution in [-0.2, 0) is 11.2 Å². The second-order valence-corrected chi connectivity index (χ2v) is 7.56. The number of nitrogens with one attached hydrogen (secondary N) is 1. The molecule has 1 rings (SSSR count). The normalized spacial score (nSPS) is 10.8. The summed E-state index contributed by atoms with van der Waals surface area (Å²) >= 11 is 1.44. The molecule has 24 heavy (non-hydrogen) atoms. The quantitative estimate of drug-likeness (QED) is 0.508. The van der Waals surface area contributed by atoms with Crippen molar-refractivity contribution in [2.75, 3.05) is 5.32 Å². The Hall–Kier alpha value is -1.36. The minimum absolute atomic E-state index is 0.0209. The number of nitrogens with two attached hydrogens (primary N) is 1. The van der Waals surface area contributed by atoms with Crippen LogP contribution >= 0.6 is 11.3 Å². The van der Waals surface area contributed by atoms with Crippen molar-refractivity contribution in [1.82, 2.24) is 0 Å². The summed E-state index contributed by atoms with van der Waals surface area (Å²) in [4.78, 5) is 24.8. The molecule has 0 bridgehead atoms. The summed E-state index contributed by atoms with van der Waals surface area (Å²) in [5.74, 6) is -0.481. The third-order valence-electron chi connectivity index (χ3n) is 4.32. The SMILES string of the molecule is CCCCCCCCCCC(=O)Nc1sc(C)c(CC)c1C(N)=O. The van der Waals surface area contributed by atoms with Crippen molar-refractivity contribution < 1.29 is 9.59 Å². The lowest BCUT2D eigenvalue weighted by Crippen LogP contribution is -2.17. The third-order valence-corrected chi connectivity index (χ3v) is 5.38. The monoisotopic (exact) mass is 352 g/mol. The molecule has 5 heteroatoms. The molecule has 0 aliphatic carbocycles. The number of hydrogen-bond donors (Lipinski definition) is 2. The van der Waals surface area contributed by atoms with E-state index in [2.05, 4.69) is 12.2 Å². The van der Waals surface area contributed by atoms with Crippen LogP contribution in [0.4, 0.5) is 5.00 Å². The molecule has 0 aliphatic heterocycles. The third kappa shape index (κ3) is 6.63. The summed E-state index contributed by atoms with van der Waals surface area (Å²) in [6, 6.07) is 0. The Bertz CT molecular complexity index is 538. The van der Waals surface area contributed by atoms with Crippen molar-refractivity contribution in [3.05, 3.63) is 16.0 Å². The largest absolute Gasteiger partial charge is 0.365 e. The van der Waals surface area contributed by atoms with Gasteiger partial charge in [-0.3, -0.25) is 9.59 Å². The average molecular weight is 353 g/mol. The Morgan fingerprint density at radius 2 is 1.58 bits per heavy atom. The fourth-order valence-electron chi connectivity index (χ4n) is 2.96. The van der Waals surface area contributed by atoms with Gasteiger partial charge in [0.2, 0.25) is 5.91 Å². The maximum atomic E-state index is 12.1. The molecule has 0 aliphatic rings. The van der Waals surface area contributed by atoms with E-state index in [1.807, 2.05) is 13.8 Å². The van der Waals surface area contributed by atoms with Crippen molar-refractivity contribution in [1.29, 1.82) is 0 Å². The molecule has 0 aromatic carbocycles. The van der Waals surface area contributed by atoms with Crippen molar-refractivity contribution in [2.45, 2.75) is 85.0 Å². The molecule has 0 saturated carbocycles. The molecule has 4 nitrogen and oxygen atoms in total. The number of thiophene rings is 1. The number of unbranched alkanes of at least 4 members (excludes halogenated alkanes) is 7. The maximum absolute atomic E-state index is 12.1. The van der Waals surface area contributed by atoms with Crippen LogP contribution in [0, 0.1) is 6.92 Å². The Morgan fingerprint density at radius 3 is 2.12 bits per heavy atom. The van der Waals surface area contributed by atoms with Crippen LogP contribution in [0.3, 0.4) is 0 Å². The average Bonchev–Trinajstić information content (AvgIpc) is 2.85. The minimum atomic E-state index is -0.460. The van der Waals surface area contributed by atoms with E-state index in [1.165, 1.54) is 49.9 Å². The van der Waals surface area contributed by atoms with Gasteiger partial charge in [0.15, 0.2) is 0 Å². The highest BCUT2D eigenvalue weighted by molar-refractivity contribution is 7.16. The maximum Gasteiger partial charge on any atom is 0.251 e. The molecular formula is C19H32N2O2S. The van der Waals surface area contributed by atoms with Gasteiger partial charge in [0.05, 0.1) is 5.56 Å². The van der Waals surface area contributed by atoms with Gasteiger partial charge in [-0.05, 0) is 25.3 Å². The lowest BCUT2D eigenvalue weighted by atomic mass is 10.1. The number of amides is 2. The number of rotatable bonds is 12. The van der Waals surface area contributed by atoms with Crippen LogP contribution in [0.25, 0.3) is 0 Å². The Kier molecular flexibility index (Phi) is 9.69. The molecule has 0 spiro atoms. The lowest BCUT2D eigenvalue weighted by Gasteiger charge is -2.06. The van der Waals surface area contributed by atoms with E-state index in [0.717, 1.165) is 29.7 Å². The Labute approximate surface area is 150 Å². The fourth-order valence-corrected chi connectivity index (χ4v) is 4.13. The number of aryl methyl sites for hydroxylation is 1. The lowest BCUT2D eigenvalue weighted by molar-refractivity contribution is -0.116. The molecule has 1 heterocycles. The molecule has 3 N–H and O–H groups in total. The predicted molar refractivity (Wildman–Crippen MR) is 103 cm³/mol. The van der Waals surface area contributed by atoms with E-state index in [1.54, 1.807) is 0 Å². The van der Waals surface area contributed by atoms with Gasteiger partial charge in [0.1, 0.15) is 5.00 Å². The van der Waals surface area contributed by atoms with Crippen molar-refractivity contribution in [3.63, 3.8) is 0 Å². The van der Waals surface area contributed by atoms with Gasteiger partial charge in [0.25, 0.3) is 5.91 Å². The number of primary amides is 1.